The molecular weight excluding hydrogens is 232 g/mol. The van der Waals surface area contributed by atoms with Crippen LogP contribution in [0.15, 0.2) is 12.1 Å². The van der Waals surface area contributed by atoms with Gasteiger partial charge in [0.15, 0.2) is 11.5 Å². The molecule has 1 aromatic rings. The third-order valence-corrected chi connectivity index (χ3v) is 1.59. The fourth-order valence-electron chi connectivity index (χ4n) is 1.01. The highest BCUT2D eigenvalue weighted by Crippen LogP contribution is 2.40. The number of benzene rings is 1. The van der Waals surface area contributed by atoms with Gasteiger partial charge >= 0.3 is 13.2 Å². The van der Waals surface area contributed by atoms with Gasteiger partial charge < -0.3 is 20.9 Å². The topological polar surface area (TPSA) is 70.5 Å². The van der Waals surface area contributed by atoms with Crippen LogP contribution in [0.25, 0.3) is 0 Å². The number of rotatable bonds is 4. The molecule has 0 heterocycles. The number of nitrogen functional groups attached to an aromatic ring is 2. The van der Waals surface area contributed by atoms with Gasteiger partial charge in [0.25, 0.3) is 0 Å². The van der Waals surface area contributed by atoms with E-state index in [0.29, 0.717) is 0 Å². The van der Waals surface area contributed by atoms with Crippen LogP contribution in [0.4, 0.5) is 28.9 Å². The van der Waals surface area contributed by atoms with E-state index in [1.807, 2.05) is 0 Å². The van der Waals surface area contributed by atoms with Crippen molar-refractivity contribution < 1.29 is 27.0 Å². The Morgan fingerprint density at radius 2 is 1.12 bits per heavy atom. The van der Waals surface area contributed by atoms with Crippen LogP contribution in [-0.2, 0) is 0 Å². The Morgan fingerprint density at radius 3 is 1.38 bits per heavy atom. The van der Waals surface area contributed by atoms with Crippen molar-refractivity contribution in [3.8, 4) is 11.5 Å². The molecule has 0 bridgehead atoms. The third kappa shape index (κ3) is 2.81. The Bertz CT molecular complexity index is 338. The standard InChI is InChI=1S/C8H8F4N2O2/c9-7(10)15-5-3(13)1-2-4(14)6(5)16-8(11)12/h1-2,7-8H,13-14H2. The zero-order valence-electron chi connectivity index (χ0n) is 7.79. The predicted octanol–water partition coefficient (Wildman–Crippen LogP) is 2.05. The Hall–Kier alpha value is -1.86. The summed E-state index contributed by atoms with van der Waals surface area (Å²) < 4.78 is 55.9. The van der Waals surface area contributed by atoms with E-state index >= 15 is 0 Å². The van der Waals surface area contributed by atoms with E-state index in [4.69, 9.17) is 11.5 Å². The van der Waals surface area contributed by atoms with Crippen molar-refractivity contribution in [1.29, 1.82) is 0 Å². The second-order valence-corrected chi connectivity index (χ2v) is 2.66. The van der Waals surface area contributed by atoms with Crippen molar-refractivity contribution in [2.45, 2.75) is 13.2 Å². The average molecular weight is 240 g/mol. The number of alkyl halides is 4. The highest BCUT2D eigenvalue weighted by molar-refractivity contribution is 5.70. The van der Waals surface area contributed by atoms with Gasteiger partial charge in [-0.05, 0) is 12.1 Å². The van der Waals surface area contributed by atoms with Crippen molar-refractivity contribution in [2.24, 2.45) is 0 Å². The van der Waals surface area contributed by atoms with E-state index in [1.54, 1.807) is 0 Å². The molecule has 0 aromatic heterocycles. The lowest BCUT2D eigenvalue weighted by Crippen LogP contribution is -2.11. The maximum Gasteiger partial charge on any atom is 0.387 e. The normalized spacial score (nSPS) is 10.9. The highest BCUT2D eigenvalue weighted by Gasteiger charge is 2.20. The average Bonchev–Trinajstić information content (AvgIpc) is 2.16. The summed E-state index contributed by atoms with van der Waals surface area (Å²) in [6.07, 6.45) is 0. The molecule has 0 aliphatic carbocycles. The SMILES string of the molecule is Nc1ccc(N)c(OC(F)F)c1OC(F)F. The van der Waals surface area contributed by atoms with Gasteiger partial charge in [-0.3, -0.25) is 0 Å². The largest absolute Gasteiger partial charge is 0.429 e. The molecule has 0 saturated heterocycles. The molecule has 0 unspecified atom stereocenters. The zero-order valence-corrected chi connectivity index (χ0v) is 7.79. The molecule has 16 heavy (non-hydrogen) atoms. The van der Waals surface area contributed by atoms with E-state index in [1.165, 1.54) is 0 Å². The molecule has 1 rings (SSSR count). The first-order chi connectivity index (χ1) is 7.41. The van der Waals surface area contributed by atoms with Crippen LogP contribution in [0, 0.1) is 0 Å². The maximum atomic E-state index is 12.0. The second-order valence-electron chi connectivity index (χ2n) is 2.66. The Balaban J connectivity index is 3.14. The molecule has 0 atom stereocenters. The van der Waals surface area contributed by atoms with E-state index in [9.17, 15) is 17.6 Å². The van der Waals surface area contributed by atoms with E-state index in [0.717, 1.165) is 12.1 Å². The van der Waals surface area contributed by atoms with Crippen LogP contribution in [0.2, 0.25) is 0 Å². The fraction of sp³-hybridized carbons (Fsp3) is 0.250. The van der Waals surface area contributed by atoms with Gasteiger partial charge in [0, 0.05) is 0 Å². The lowest BCUT2D eigenvalue weighted by atomic mass is 10.2. The summed E-state index contributed by atoms with van der Waals surface area (Å²) in [5.74, 6) is -1.40. The van der Waals surface area contributed by atoms with Gasteiger partial charge in [-0.1, -0.05) is 0 Å². The van der Waals surface area contributed by atoms with Gasteiger partial charge in [0.1, 0.15) is 0 Å². The number of hydrogen-bond acceptors (Lipinski definition) is 4. The van der Waals surface area contributed by atoms with Crippen LogP contribution in [0.5, 0.6) is 11.5 Å². The van der Waals surface area contributed by atoms with Crippen molar-refractivity contribution >= 4 is 11.4 Å². The zero-order chi connectivity index (χ0) is 12.3. The smallest absolute Gasteiger partial charge is 0.387 e. The Morgan fingerprint density at radius 1 is 0.812 bits per heavy atom. The quantitative estimate of drug-likeness (QED) is 0.624. The number of halogens is 4. The first-order valence-corrected chi connectivity index (χ1v) is 3.99. The summed E-state index contributed by atoms with van der Waals surface area (Å²) in [5, 5.41) is 0. The maximum absolute atomic E-state index is 12.0. The highest BCUT2D eigenvalue weighted by atomic mass is 19.3. The second kappa shape index (κ2) is 4.77. The van der Waals surface area contributed by atoms with E-state index in [2.05, 4.69) is 9.47 Å². The molecule has 0 aliphatic heterocycles. The van der Waals surface area contributed by atoms with E-state index in [-0.39, 0.29) is 11.4 Å². The number of hydrogen-bond donors (Lipinski definition) is 2. The van der Waals surface area contributed by atoms with Crippen LogP contribution < -0.4 is 20.9 Å². The lowest BCUT2D eigenvalue weighted by molar-refractivity contribution is -0.0683. The summed E-state index contributed by atoms with van der Waals surface area (Å²) in [4.78, 5) is 0. The summed E-state index contributed by atoms with van der Waals surface area (Å²) >= 11 is 0. The van der Waals surface area contributed by atoms with E-state index < -0.39 is 24.7 Å². The third-order valence-electron chi connectivity index (χ3n) is 1.59. The number of ether oxygens (including phenoxy) is 2. The summed E-state index contributed by atoms with van der Waals surface area (Å²) in [6, 6.07) is 2.29. The molecule has 4 N–H and O–H groups in total. The molecule has 1 aromatic carbocycles. The molecule has 0 spiro atoms. The molecule has 90 valence electrons. The summed E-state index contributed by atoms with van der Waals surface area (Å²) in [5.41, 5.74) is 10.0. The molecule has 8 heteroatoms. The first-order valence-electron chi connectivity index (χ1n) is 3.99. The number of anilines is 2. The van der Waals surface area contributed by atoms with Gasteiger partial charge in [0.2, 0.25) is 0 Å². The van der Waals surface area contributed by atoms with Crippen LogP contribution in [0.3, 0.4) is 0 Å². The molecule has 0 amide bonds. The van der Waals surface area contributed by atoms with Crippen molar-refractivity contribution in [3.05, 3.63) is 12.1 Å². The minimum Gasteiger partial charge on any atom is -0.429 e. The fourth-order valence-corrected chi connectivity index (χ4v) is 1.01. The molecule has 0 radical (unpaired) electrons. The monoisotopic (exact) mass is 240 g/mol. The first kappa shape index (κ1) is 12.2. The number of nitrogens with two attached hydrogens (primary N) is 2. The molecule has 0 fully saturated rings. The van der Waals surface area contributed by atoms with Crippen LogP contribution >= 0.6 is 0 Å². The van der Waals surface area contributed by atoms with Gasteiger partial charge in [-0.25, -0.2) is 0 Å². The van der Waals surface area contributed by atoms with Crippen LogP contribution in [-0.4, -0.2) is 13.2 Å². The summed E-state index contributed by atoms with van der Waals surface area (Å²) in [7, 11) is 0. The Labute approximate surface area is 87.7 Å². The van der Waals surface area contributed by atoms with Crippen molar-refractivity contribution in [3.63, 3.8) is 0 Å². The van der Waals surface area contributed by atoms with Crippen LogP contribution in [0.1, 0.15) is 0 Å². The van der Waals surface area contributed by atoms with Crippen molar-refractivity contribution in [1.82, 2.24) is 0 Å². The molecule has 0 saturated carbocycles. The Kier molecular flexibility index (Phi) is 3.64. The minimum absolute atomic E-state index is 0.273. The van der Waals surface area contributed by atoms with Crippen molar-refractivity contribution in [2.75, 3.05) is 11.5 Å². The molecule has 0 aliphatic rings. The molecule has 4 nitrogen and oxygen atoms in total. The van der Waals surface area contributed by atoms with Gasteiger partial charge in [0.05, 0.1) is 11.4 Å². The van der Waals surface area contributed by atoms with Gasteiger partial charge in [-0.2, -0.15) is 17.6 Å². The van der Waals surface area contributed by atoms with Gasteiger partial charge in [-0.15, -0.1) is 0 Å². The summed E-state index contributed by atoms with van der Waals surface area (Å²) in [6.45, 7) is -6.44. The minimum atomic E-state index is -3.22. The lowest BCUT2D eigenvalue weighted by Gasteiger charge is -2.15. The molecular formula is C8H8F4N2O2. The predicted molar refractivity (Wildman–Crippen MR) is 48.5 cm³/mol.